The smallest absolute Gasteiger partial charge is 0.123 e. The molecule has 0 spiro atoms. The fraction of sp³-hybridized carbons (Fsp3) is 0.250. The molecular weight excluding hydrogens is 289 g/mol. The quantitative estimate of drug-likeness (QED) is 0.828. The van der Waals surface area contributed by atoms with E-state index in [2.05, 4.69) is 0 Å². The van der Waals surface area contributed by atoms with Crippen molar-refractivity contribution in [3.8, 4) is 11.5 Å². The van der Waals surface area contributed by atoms with Crippen LogP contribution in [0.2, 0.25) is 0 Å². The number of halogens is 1. The molecule has 2 N–H and O–H groups in total. The van der Waals surface area contributed by atoms with E-state index in [0.717, 1.165) is 22.0 Å². The summed E-state index contributed by atoms with van der Waals surface area (Å²) in [5.74, 6) is 1.91. The summed E-state index contributed by atoms with van der Waals surface area (Å²) in [7, 11) is 3.23. The zero-order chi connectivity index (χ0) is 15.2. The van der Waals surface area contributed by atoms with Crippen LogP contribution in [0, 0.1) is 5.82 Å². The zero-order valence-corrected chi connectivity index (χ0v) is 12.8. The lowest BCUT2D eigenvalue weighted by Crippen LogP contribution is -2.14. The van der Waals surface area contributed by atoms with Gasteiger partial charge in [-0.2, -0.15) is 0 Å². The van der Waals surface area contributed by atoms with Gasteiger partial charge < -0.3 is 15.2 Å². The van der Waals surface area contributed by atoms with Crippen LogP contribution in [-0.4, -0.2) is 20.0 Å². The number of methoxy groups -OCH3 is 2. The Kier molecular flexibility index (Phi) is 5.47. The number of hydrogen-bond acceptors (Lipinski definition) is 4. The second-order valence-corrected chi connectivity index (χ2v) is 5.57. The standard InChI is InChI=1S/C16H18FNO2S/c1-19-12-5-8-16(20-2)14(9-12)15(18)10-21-13-6-3-11(17)4-7-13/h3-9,15H,10,18H2,1-2H3. The first-order valence-corrected chi connectivity index (χ1v) is 7.48. The van der Waals surface area contributed by atoms with Gasteiger partial charge in [0.2, 0.25) is 0 Å². The molecule has 0 radical (unpaired) electrons. The summed E-state index contributed by atoms with van der Waals surface area (Å²) < 4.78 is 23.4. The Morgan fingerprint density at radius 3 is 2.43 bits per heavy atom. The number of nitrogens with two attached hydrogens (primary N) is 1. The Hall–Kier alpha value is -1.72. The van der Waals surface area contributed by atoms with E-state index in [9.17, 15) is 4.39 Å². The lowest BCUT2D eigenvalue weighted by atomic mass is 10.1. The molecule has 0 aliphatic heterocycles. The topological polar surface area (TPSA) is 44.5 Å². The third-order valence-electron chi connectivity index (χ3n) is 3.08. The second kappa shape index (κ2) is 7.33. The number of ether oxygens (including phenoxy) is 2. The second-order valence-electron chi connectivity index (χ2n) is 4.48. The van der Waals surface area contributed by atoms with E-state index in [1.54, 1.807) is 38.1 Å². The molecule has 1 unspecified atom stereocenters. The molecule has 2 aromatic carbocycles. The molecule has 2 aromatic rings. The predicted molar refractivity (Wildman–Crippen MR) is 83.6 cm³/mol. The maximum absolute atomic E-state index is 12.9. The molecule has 0 aliphatic carbocycles. The van der Waals surface area contributed by atoms with Gasteiger partial charge in [0.25, 0.3) is 0 Å². The molecule has 21 heavy (non-hydrogen) atoms. The normalized spacial score (nSPS) is 12.0. The van der Waals surface area contributed by atoms with Crippen LogP contribution in [0.1, 0.15) is 11.6 Å². The van der Waals surface area contributed by atoms with E-state index < -0.39 is 0 Å². The van der Waals surface area contributed by atoms with Gasteiger partial charge in [-0.25, -0.2) is 4.39 Å². The highest BCUT2D eigenvalue weighted by Gasteiger charge is 2.13. The lowest BCUT2D eigenvalue weighted by Gasteiger charge is -2.16. The summed E-state index contributed by atoms with van der Waals surface area (Å²) in [6, 6.07) is 11.7. The molecule has 112 valence electrons. The van der Waals surface area contributed by atoms with Crippen molar-refractivity contribution in [3.63, 3.8) is 0 Å². The van der Waals surface area contributed by atoms with Gasteiger partial charge in [-0.3, -0.25) is 0 Å². The van der Waals surface area contributed by atoms with E-state index in [1.807, 2.05) is 18.2 Å². The van der Waals surface area contributed by atoms with Gasteiger partial charge in [0.05, 0.1) is 14.2 Å². The molecule has 3 nitrogen and oxygen atoms in total. The molecule has 0 saturated carbocycles. The van der Waals surface area contributed by atoms with E-state index in [-0.39, 0.29) is 11.9 Å². The SMILES string of the molecule is COc1ccc(OC)c(C(N)CSc2ccc(F)cc2)c1. The minimum Gasteiger partial charge on any atom is -0.497 e. The van der Waals surface area contributed by atoms with Gasteiger partial charge in [0.15, 0.2) is 0 Å². The van der Waals surface area contributed by atoms with Gasteiger partial charge in [0, 0.05) is 22.3 Å². The molecule has 0 amide bonds. The van der Waals surface area contributed by atoms with Crippen molar-refractivity contribution in [2.45, 2.75) is 10.9 Å². The summed E-state index contributed by atoms with van der Waals surface area (Å²) in [6.45, 7) is 0. The fourth-order valence-corrected chi connectivity index (χ4v) is 2.82. The van der Waals surface area contributed by atoms with Crippen molar-refractivity contribution in [1.29, 1.82) is 0 Å². The maximum atomic E-state index is 12.9. The monoisotopic (exact) mass is 307 g/mol. The summed E-state index contributed by atoms with van der Waals surface area (Å²) in [5, 5.41) is 0. The van der Waals surface area contributed by atoms with E-state index in [1.165, 1.54) is 12.1 Å². The molecule has 0 aromatic heterocycles. The van der Waals surface area contributed by atoms with Crippen molar-refractivity contribution in [2.24, 2.45) is 5.73 Å². The van der Waals surface area contributed by atoms with Crippen molar-refractivity contribution < 1.29 is 13.9 Å². The van der Waals surface area contributed by atoms with E-state index in [0.29, 0.717) is 5.75 Å². The molecule has 1 atom stereocenters. The Bertz CT molecular complexity index is 589. The van der Waals surface area contributed by atoms with Gasteiger partial charge in [-0.05, 0) is 42.5 Å². The minimum absolute atomic E-state index is 0.204. The van der Waals surface area contributed by atoms with Crippen LogP contribution < -0.4 is 15.2 Å². The number of rotatable bonds is 6. The van der Waals surface area contributed by atoms with Crippen LogP contribution in [0.5, 0.6) is 11.5 Å². The van der Waals surface area contributed by atoms with E-state index in [4.69, 9.17) is 15.2 Å². The number of benzene rings is 2. The van der Waals surface area contributed by atoms with Crippen LogP contribution >= 0.6 is 11.8 Å². The highest BCUT2D eigenvalue weighted by molar-refractivity contribution is 7.99. The molecule has 0 heterocycles. The zero-order valence-electron chi connectivity index (χ0n) is 12.0. The van der Waals surface area contributed by atoms with Crippen molar-refractivity contribution >= 4 is 11.8 Å². The summed E-state index contributed by atoms with van der Waals surface area (Å²) in [5.41, 5.74) is 7.14. The fourth-order valence-electron chi connectivity index (χ4n) is 1.94. The van der Waals surface area contributed by atoms with Crippen molar-refractivity contribution in [3.05, 3.63) is 53.8 Å². The van der Waals surface area contributed by atoms with Gasteiger partial charge in [-0.1, -0.05) is 0 Å². The van der Waals surface area contributed by atoms with Gasteiger partial charge in [0.1, 0.15) is 17.3 Å². The molecule has 0 aliphatic rings. The van der Waals surface area contributed by atoms with Crippen molar-refractivity contribution in [2.75, 3.05) is 20.0 Å². The summed E-state index contributed by atoms with van der Waals surface area (Å²) >= 11 is 1.58. The van der Waals surface area contributed by atoms with Crippen LogP contribution in [0.25, 0.3) is 0 Å². The first kappa shape index (κ1) is 15.7. The largest absolute Gasteiger partial charge is 0.497 e. The van der Waals surface area contributed by atoms with E-state index >= 15 is 0 Å². The van der Waals surface area contributed by atoms with Crippen LogP contribution in [0.4, 0.5) is 4.39 Å². The Morgan fingerprint density at radius 2 is 1.81 bits per heavy atom. The highest BCUT2D eigenvalue weighted by atomic mass is 32.2. The lowest BCUT2D eigenvalue weighted by molar-refractivity contribution is 0.396. The Labute approximate surface area is 128 Å². The average molecular weight is 307 g/mol. The number of thioether (sulfide) groups is 1. The van der Waals surface area contributed by atoms with Crippen molar-refractivity contribution in [1.82, 2.24) is 0 Å². The molecule has 0 saturated heterocycles. The molecule has 5 heteroatoms. The Morgan fingerprint density at radius 1 is 1.10 bits per heavy atom. The molecule has 2 rings (SSSR count). The Balaban J connectivity index is 2.08. The maximum Gasteiger partial charge on any atom is 0.123 e. The summed E-state index contributed by atoms with van der Waals surface area (Å²) in [6.07, 6.45) is 0. The van der Waals surface area contributed by atoms with Crippen LogP contribution in [0.15, 0.2) is 47.4 Å². The molecular formula is C16H18FNO2S. The molecule has 0 bridgehead atoms. The highest BCUT2D eigenvalue weighted by Crippen LogP contribution is 2.31. The third kappa shape index (κ3) is 4.12. The number of hydrogen-bond donors (Lipinski definition) is 1. The third-order valence-corrected chi connectivity index (χ3v) is 4.21. The van der Waals surface area contributed by atoms with Gasteiger partial charge in [-0.15, -0.1) is 11.8 Å². The first-order chi connectivity index (χ1) is 10.1. The van der Waals surface area contributed by atoms with Crippen LogP contribution in [0.3, 0.4) is 0 Å². The van der Waals surface area contributed by atoms with Gasteiger partial charge >= 0.3 is 0 Å². The average Bonchev–Trinajstić information content (AvgIpc) is 2.53. The predicted octanol–water partition coefficient (Wildman–Crippen LogP) is 3.64. The first-order valence-electron chi connectivity index (χ1n) is 6.50. The minimum atomic E-state index is -0.238. The van der Waals surface area contributed by atoms with Crippen LogP contribution in [-0.2, 0) is 0 Å². The molecule has 0 fully saturated rings. The summed E-state index contributed by atoms with van der Waals surface area (Å²) in [4.78, 5) is 0.980.